The van der Waals surface area contributed by atoms with E-state index in [1.807, 2.05) is 24.3 Å². The Morgan fingerprint density at radius 3 is 2.68 bits per heavy atom. The van der Waals surface area contributed by atoms with Crippen LogP contribution in [0, 0.1) is 13.8 Å². The van der Waals surface area contributed by atoms with Gasteiger partial charge in [-0.25, -0.2) is 13.1 Å². The van der Waals surface area contributed by atoms with Gasteiger partial charge in [0.1, 0.15) is 5.82 Å². The molecule has 0 spiro atoms. The molecule has 0 unspecified atom stereocenters. The Hall–Kier alpha value is -3.30. The third kappa shape index (κ3) is 3.95. The van der Waals surface area contributed by atoms with Gasteiger partial charge in [0, 0.05) is 24.4 Å². The first-order chi connectivity index (χ1) is 16.2. The minimum Gasteiger partial charge on any atom is -0.310 e. The Balaban J connectivity index is 1.55. The van der Waals surface area contributed by atoms with E-state index in [0.29, 0.717) is 22.4 Å². The van der Waals surface area contributed by atoms with E-state index < -0.39 is 10.0 Å². The van der Waals surface area contributed by atoms with Gasteiger partial charge in [-0.05, 0) is 61.4 Å². The number of benzene rings is 2. The number of amides is 1. The smallest absolute Gasteiger partial charge is 0.249 e. The van der Waals surface area contributed by atoms with Gasteiger partial charge in [-0.3, -0.25) is 9.59 Å². The fraction of sp³-hybridized carbons (Fsp3) is 0.320. The Morgan fingerprint density at radius 2 is 1.85 bits per heavy atom. The zero-order valence-electron chi connectivity index (χ0n) is 19.1. The molecule has 0 saturated carbocycles. The van der Waals surface area contributed by atoms with Crippen LogP contribution in [0.25, 0.3) is 11.1 Å². The average Bonchev–Trinajstić information content (AvgIpc) is 3.06. The van der Waals surface area contributed by atoms with Gasteiger partial charge in [0.15, 0.2) is 0 Å². The van der Waals surface area contributed by atoms with E-state index in [2.05, 4.69) is 15.1 Å². The zero-order valence-corrected chi connectivity index (χ0v) is 19.9. The summed E-state index contributed by atoms with van der Waals surface area (Å²) >= 11 is 0. The molecule has 176 valence electrons. The number of aryl methyl sites for hydroxylation is 3. The van der Waals surface area contributed by atoms with Gasteiger partial charge in [-0.2, -0.15) is 9.78 Å². The Morgan fingerprint density at radius 1 is 1.06 bits per heavy atom. The number of hydrogen-bond donors (Lipinski definition) is 2. The molecule has 2 aliphatic rings. The molecule has 1 aromatic heterocycles. The summed E-state index contributed by atoms with van der Waals surface area (Å²) in [6.45, 7) is 3.49. The highest BCUT2D eigenvalue weighted by Crippen LogP contribution is 2.36. The zero-order chi connectivity index (χ0) is 24.0. The second-order valence-corrected chi connectivity index (χ2v) is 10.6. The van der Waals surface area contributed by atoms with Crippen molar-refractivity contribution < 1.29 is 18.0 Å². The van der Waals surface area contributed by atoms with Crippen LogP contribution >= 0.6 is 0 Å². The van der Waals surface area contributed by atoms with E-state index >= 15 is 0 Å². The van der Waals surface area contributed by atoms with Crippen LogP contribution in [0.15, 0.2) is 47.4 Å². The van der Waals surface area contributed by atoms with Gasteiger partial charge < -0.3 is 5.32 Å². The van der Waals surface area contributed by atoms with Crippen molar-refractivity contribution >= 4 is 27.7 Å². The normalized spacial score (nSPS) is 18.1. The molecule has 34 heavy (non-hydrogen) atoms. The first kappa shape index (κ1) is 22.5. The Bertz CT molecular complexity index is 1420. The van der Waals surface area contributed by atoms with Crippen LogP contribution in [0.5, 0.6) is 0 Å². The maximum absolute atomic E-state index is 13.5. The van der Waals surface area contributed by atoms with Crippen molar-refractivity contribution in [1.29, 1.82) is 0 Å². The van der Waals surface area contributed by atoms with E-state index in [9.17, 15) is 18.0 Å². The van der Waals surface area contributed by atoms with Gasteiger partial charge in [-0.15, -0.1) is 0 Å². The van der Waals surface area contributed by atoms with E-state index in [-0.39, 0.29) is 41.4 Å². The van der Waals surface area contributed by atoms with Crippen LogP contribution < -0.4 is 10.0 Å². The molecule has 2 heterocycles. The highest BCUT2D eigenvalue weighted by Gasteiger charge is 2.29. The summed E-state index contributed by atoms with van der Waals surface area (Å²) in [4.78, 5) is 24.8. The van der Waals surface area contributed by atoms with Gasteiger partial charge >= 0.3 is 0 Å². The average molecular weight is 479 g/mol. The SMILES string of the molecule is Cc1ccc(-c2c(C)nn3c2NC(=O)CCC3=O)cc1S(=O)(=O)N[C@@H]1CCCc2ccccc21. The standard InChI is InChI=1S/C25H26N4O4S/c1-15-10-11-18(24-16(2)27-29-23(31)13-12-22(30)26-25(24)29)14-21(15)34(32,33)28-20-9-5-7-17-6-3-4-8-19(17)20/h3-4,6,8,10-11,14,20,28H,5,7,9,12-13H2,1-2H3,(H,26,30)/t20-/m1/s1. The lowest BCUT2D eigenvalue weighted by Crippen LogP contribution is -2.31. The molecule has 5 rings (SSSR count). The first-order valence-electron chi connectivity index (χ1n) is 11.4. The minimum atomic E-state index is -3.84. The van der Waals surface area contributed by atoms with Crippen molar-refractivity contribution in [3.63, 3.8) is 0 Å². The fourth-order valence-electron chi connectivity index (χ4n) is 4.86. The Labute approximate surface area is 198 Å². The van der Waals surface area contributed by atoms with Crippen molar-refractivity contribution in [2.75, 3.05) is 5.32 Å². The summed E-state index contributed by atoms with van der Waals surface area (Å²) in [5.41, 5.74) is 4.45. The van der Waals surface area contributed by atoms with Crippen LogP contribution in [0.4, 0.5) is 5.82 Å². The van der Waals surface area contributed by atoms with Crippen LogP contribution in [-0.2, 0) is 21.2 Å². The topological polar surface area (TPSA) is 110 Å². The van der Waals surface area contributed by atoms with E-state index in [0.717, 1.165) is 24.8 Å². The minimum absolute atomic E-state index is 0.0691. The van der Waals surface area contributed by atoms with E-state index in [1.165, 1.54) is 10.2 Å². The third-order valence-electron chi connectivity index (χ3n) is 6.55. The highest BCUT2D eigenvalue weighted by atomic mass is 32.2. The summed E-state index contributed by atoms with van der Waals surface area (Å²) in [6, 6.07) is 12.8. The van der Waals surface area contributed by atoms with Crippen LogP contribution in [0.1, 0.15) is 58.9 Å². The molecule has 1 atom stereocenters. The summed E-state index contributed by atoms with van der Waals surface area (Å²) in [5, 5.41) is 7.09. The summed E-state index contributed by atoms with van der Waals surface area (Å²) in [7, 11) is -3.84. The van der Waals surface area contributed by atoms with Crippen LogP contribution in [-0.4, -0.2) is 30.0 Å². The lowest BCUT2D eigenvalue weighted by atomic mass is 9.88. The predicted molar refractivity (Wildman–Crippen MR) is 128 cm³/mol. The lowest BCUT2D eigenvalue weighted by Gasteiger charge is -2.26. The molecule has 9 heteroatoms. The van der Waals surface area contributed by atoms with Gasteiger partial charge in [-0.1, -0.05) is 36.4 Å². The number of hydrogen-bond acceptors (Lipinski definition) is 5. The second kappa shape index (κ2) is 8.48. The number of sulfonamides is 1. The number of fused-ring (bicyclic) bond motifs is 2. The maximum atomic E-state index is 13.5. The number of carbonyl (C=O) groups is 2. The second-order valence-electron chi connectivity index (χ2n) is 8.91. The molecule has 1 aliphatic carbocycles. The molecule has 2 N–H and O–H groups in total. The quantitative estimate of drug-likeness (QED) is 0.591. The highest BCUT2D eigenvalue weighted by molar-refractivity contribution is 7.89. The molecule has 2 aromatic carbocycles. The molecule has 8 nitrogen and oxygen atoms in total. The predicted octanol–water partition coefficient (Wildman–Crippen LogP) is 3.90. The van der Waals surface area contributed by atoms with Gasteiger partial charge in [0.25, 0.3) is 0 Å². The lowest BCUT2D eigenvalue weighted by molar-refractivity contribution is -0.116. The molecule has 1 amide bonds. The molecule has 0 fully saturated rings. The number of rotatable bonds is 4. The first-order valence-corrected chi connectivity index (χ1v) is 12.9. The summed E-state index contributed by atoms with van der Waals surface area (Å²) < 4.78 is 31.2. The molecule has 0 radical (unpaired) electrons. The summed E-state index contributed by atoms with van der Waals surface area (Å²) in [5.74, 6) is -0.266. The monoisotopic (exact) mass is 478 g/mol. The van der Waals surface area contributed by atoms with Crippen molar-refractivity contribution in [1.82, 2.24) is 14.5 Å². The van der Waals surface area contributed by atoms with E-state index in [4.69, 9.17) is 0 Å². The van der Waals surface area contributed by atoms with E-state index in [1.54, 1.807) is 32.0 Å². The Kier molecular flexibility index (Phi) is 5.61. The summed E-state index contributed by atoms with van der Waals surface area (Å²) in [6.07, 6.45) is 2.75. The van der Waals surface area contributed by atoms with Crippen molar-refractivity contribution in [3.8, 4) is 11.1 Å². The molecule has 3 aromatic rings. The fourth-order valence-corrected chi connectivity index (χ4v) is 6.38. The molecular formula is C25H26N4O4S. The van der Waals surface area contributed by atoms with Crippen LogP contribution in [0.3, 0.4) is 0 Å². The molecule has 0 saturated heterocycles. The van der Waals surface area contributed by atoms with Crippen molar-refractivity contribution in [2.45, 2.75) is 56.9 Å². The van der Waals surface area contributed by atoms with Crippen LogP contribution in [0.2, 0.25) is 0 Å². The number of anilines is 1. The van der Waals surface area contributed by atoms with Crippen molar-refractivity contribution in [2.24, 2.45) is 0 Å². The molecule has 0 bridgehead atoms. The number of carbonyl (C=O) groups excluding carboxylic acids is 2. The number of nitrogens with zero attached hydrogens (tertiary/aromatic N) is 2. The largest absolute Gasteiger partial charge is 0.310 e. The van der Waals surface area contributed by atoms with Gasteiger partial charge in [0.2, 0.25) is 21.8 Å². The number of nitrogens with one attached hydrogen (secondary N) is 2. The third-order valence-corrected chi connectivity index (χ3v) is 8.17. The number of aromatic nitrogens is 2. The van der Waals surface area contributed by atoms with Gasteiger partial charge in [0.05, 0.1) is 10.6 Å². The molecule has 1 aliphatic heterocycles. The molecular weight excluding hydrogens is 452 g/mol. The maximum Gasteiger partial charge on any atom is 0.249 e. The van der Waals surface area contributed by atoms with Crippen molar-refractivity contribution in [3.05, 3.63) is 64.8 Å².